The summed E-state index contributed by atoms with van der Waals surface area (Å²) in [6.07, 6.45) is 1.44. The van der Waals surface area contributed by atoms with Gasteiger partial charge in [-0.05, 0) is 29.8 Å². The summed E-state index contributed by atoms with van der Waals surface area (Å²) < 4.78 is 16.1. The van der Waals surface area contributed by atoms with Crippen LogP contribution >= 0.6 is 0 Å². The molecule has 3 rings (SSSR count). The van der Waals surface area contributed by atoms with Crippen molar-refractivity contribution in [1.82, 2.24) is 15.1 Å². The van der Waals surface area contributed by atoms with Crippen LogP contribution < -0.4 is 15.8 Å². The highest BCUT2D eigenvalue weighted by molar-refractivity contribution is 5.75. The molecule has 8 nitrogen and oxygen atoms in total. The number of amides is 1. The van der Waals surface area contributed by atoms with E-state index in [1.165, 1.54) is 6.26 Å². The second-order valence-corrected chi connectivity index (χ2v) is 4.94. The number of carbonyl (C=O) groups is 1. The summed E-state index contributed by atoms with van der Waals surface area (Å²) in [6, 6.07) is 10.6. The fourth-order valence-corrected chi connectivity index (χ4v) is 2.08. The van der Waals surface area contributed by atoms with Crippen LogP contribution in [0.15, 0.2) is 56.3 Å². The molecule has 124 valence electrons. The van der Waals surface area contributed by atoms with E-state index in [1.807, 2.05) is 24.3 Å². The van der Waals surface area contributed by atoms with Gasteiger partial charge in [-0.3, -0.25) is 4.79 Å². The second kappa shape index (κ2) is 6.86. The zero-order valence-electron chi connectivity index (χ0n) is 12.9. The maximum absolute atomic E-state index is 12.0. The number of nitrogens with one attached hydrogen (secondary N) is 1. The molecule has 0 unspecified atom stereocenters. The molecule has 0 fully saturated rings. The number of nitrogens with zero attached hydrogens (tertiary/aromatic N) is 2. The fraction of sp³-hybridized carbons (Fsp3) is 0.188. The quantitative estimate of drug-likeness (QED) is 0.734. The molecule has 0 atom stereocenters. The second-order valence-electron chi connectivity index (χ2n) is 4.94. The summed E-state index contributed by atoms with van der Waals surface area (Å²) in [5.74, 6) is -0.0251. The SMILES string of the molecule is COc1cccc(CNC(=O)Cn2nc(-c3ccco3)oc2=O)c1. The van der Waals surface area contributed by atoms with Gasteiger partial charge in [0.1, 0.15) is 12.3 Å². The summed E-state index contributed by atoms with van der Waals surface area (Å²) in [7, 11) is 1.57. The molecule has 8 heteroatoms. The lowest BCUT2D eigenvalue weighted by Crippen LogP contribution is -2.31. The Kier molecular flexibility index (Phi) is 4.46. The third-order valence-electron chi connectivity index (χ3n) is 3.26. The third-order valence-corrected chi connectivity index (χ3v) is 3.26. The van der Waals surface area contributed by atoms with Gasteiger partial charge in [-0.25, -0.2) is 4.79 Å². The van der Waals surface area contributed by atoms with Gasteiger partial charge in [-0.2, -0.15) is 4.68 Å². The Labute approximate surface area is 136 Å². The summed E-state index contributed by atoms with van der Waals surface area (Å²) in [5.41, 5.74) is 0.881. The highest BCUT2D eigenvalue weighted by atomic mass is 16.5. The van der Waals surface area contributed by atoms with Gasteiger partial charge >= 0.3 is 5.76 Å². The van der Waals surface area contributed by atoms with E-state index in [9.17, 15) is 9.59 Å². The number of carbonyl (C=O) groups excluding carboxylic acids is 1. The Morgan fingerprint density at radius 2 is 2.21 bits per heavy atom. The number of furan rings is 1. The molecule has 24 heavy (non-hydrogen) atoms. The molecular formula is C16H15N3O5. The lowest BCUT2D eigenvalue weighted by molar-refractivity contribution is -0.122. The highest BCUT2D eigenvalue weighted by Gasteiger charge is 2.14. The predicted octanol–water partition coefficient (Wildman–Crippen LogP) is 1.42. The molecule has 2 heterocycles. The van der Waals surface area contributed by atoms with Crippen LogP contribution in [0.1, 0.15) is 5.56 Å². The number of ether oxygens (including phenoxy) is 1. The van der Waals surface area contributed by atoms with Gasteiger partial charge in [0.15, 0.2) is 5.76 Å². The van der Waals surface area contributed by atoms with Crippen LogP contribution in [0, 0.1) is 0 Å². The van der Waals surface area contributed by atoms with Crippen LogP contribution in [0.5, 0.6) is 5.75 Å². The lowest BCUT2D eigenvalue weighted by atomic mass is 10.2. The standard InChI is InChI=1S/C16H15N3O5/c1-22-12-5-2-4-11(8-12)9-17-14(20)10-19-16(21)24-15(18-19)13-6-3-7-23-13/h2-8H,9-10H2,1H3,(H,17,20). The van der Waals surface area contributed by atoms with Crippen molar-refractivity contribution in [2.75, 3.05) is 7.11 Å². The van der Waals surface area contributed by atoms with Crippen molar-refractivity contribution in [2.24, 2.45) is 0 Å². The molecule has 1 aromatic carbocycles. The van der Waals surface area contributed by atoms with Crippen LogP contribution in [-0.2, 0) is 17.9 Å². The van der Waals surface area contributed by atoms with Gasteiger partial charge in [0.05, 0.1) is 13.4 Å². The van der Waals surface area contributed by atoms with Crippen molar-refractivity contribution >= 4 is 5.91 Å². The topological polar surface area (TPSA) is 99.5 Å². The van der Waals surface area contributed by atoms with Crippen molar-refractivity contribution in [3.05, 3.63) is 58.8 Å². The Hall–Kier alpha value is -3.29. The summed E-state index contributed by atoms with van der Waals surface area (Å²) >= 11 is 0. The molecule has 0 saturated heterocycles. The minimum Gasteiger partial charge on any atom is -0.497 e. The normalized spacial score (nSPS) is 10.5. The molecule has 1 N–H and O–H groups in total. The zero-order valence-corrected chi connectivity index (χ0v) is 12.9. The number of rotatable bonds is 6. The monoisotopic (exact) mass is 329 g/mol. The van der Waals surface area contributed by atoms with E-state index in [1.54, 1.807) is 19.2 Å². The van der Waals surface area contributed by atoms with Crippen LogP contribution in [0.4, 0.5) is 0 Å². The molecule has 0 aliphatic carbocycles. The molecule has 3 aromatic rings. The van der Waals surface area contributed by atoms with Gasteiger partial charge in [0.2, 0.25) is 5.91 Å². The van der Waals surface area contributed by atoms with E-state index in [2.05, 4.69) is 10.4 Å². The molecule has 0 aliphatic rings. The average Bonchev–Trinajstić information content (AvgIpc) is 3.24. The van der Waals surface area contributed by atoms with Crippen molar-refractivity contribution in [2.45, 2.75) is 13.1 Å². The van der Waals surface area contributed by atoms with E-state index >= 15 is 0 Å². The molecule has 2 aromatic heterocycles. The van der Waals surface area contributed by atoms with Gasteiger partial charge < -0.3 is 18.9 Å². The van der Waals surface area contributed by atoms with Crippen LogP contribution in [-0.4, -0.2) is 22.8 Å². The van der Waals surface area contributed by atoms with Crippen molar-refractivity contribution in [3.63, 3.8) is 0 Å². The Balaban J connectivity index is 1.62. The Morgan fingerprint density at radius 1 is 1.33 bits per heavy atom. The van der Waals surface area contributed by atoms with Gasteiger partial charge in [0, 0.05) is 6.54 Å². The minimum atomic E-state index is -0.724. The number of hydrogen-bond acceptors (Lipinski definition) is 6. The third kappa shape index (κ3) is 3.54. The van der Waals surface area contributed by atoms with Crippen LogP contribution in [0.25, 0.3) is 11.7 Å². The van der Waals surface area contributed by atoms with E-state index in [-0.39, 0.29) is 18.3 Å². The first-order valence-electron chi connectivity index (χ1n) is 7.17. The first kappa shape index (κ1) is 15.6. The maximum atomic E-state index is 12.0. The molecule has 0 bridgehead atoms. The molecule has 1 amide bonds. The van der Waals surface area contributed by atoms with Crippen LogP contribution in [0.2, 0.25) is 0 Å². The molecule has 0 saturated carbocycles. The minimum absolute atomic E-state index is 0.0330. The molecule has 0 radical (unpaired) electrons. The zero-order chi connectivity index (χ0) is 16.9. The Bertz CT molecular complexity index is 879. The van der Waals surface area contributed by atoms with Gasteiger partial charge in [-0.1, -0.05) is 12.1 Å². The number of aromatic nitrogens is 2. The first-order chi connectivity index (χ1) is 11.7. The van der Waals surface area contributed by atoms with Crippen LogP contribution in [0.3, 0.4) is 0 Å². The van der Waals surface area contributed by atoms with Gasteiger partial charge in [-0.15, -0.1) is 5.10 Å². The summed E-state index contributed by atoms with van der Waals surface area (Å²) in [5, 5.41) is 6.65. The first-order valence-corrected chi connectivity index (χ1v) is 7.17. The van der Waals surface area contributed by atoms with E-state index in [4.69, 9.17) is 13.6 Å². The van der Waals surface area contributed by atoms with Crippen molar-refractivity contribution < 1.29 is 18.4 Å². The lowest BCUT2D eigenvalue weighted by Gasteiger charge is -2.06. The highest BCUT2D eigenvalue weighted by Crippen LogP contribution is 2.15. The molecular weight excluding hydrogens is 314 g/mol. The summed E-state index contributed by atoms with van der Waals surface area (Å²) in [6.45, 7) is 0.0701. The Morgan fingerprint density at radius 3 is 2.96 bits per heavy atom. The summed E-state index contributed by atoms with van der Waals surface area (Å²) in [4.78, 5) is 23.7. The van der Waals surface area contributed by atoms with Crippen molar-refractivity contribution in [3.8, 4) is 17.4 Å². The number of benzene rings is 1. The largest absolute Gasteiger partial charge is 0.497 e. The van der Waals surface area contributed by atoms with E-state index < -0.39 is 5.76 Å². The fourth-order valence-electron chi connectivity index (χ4n) is 2.08. The molecule has 0 aliphatic heterocycles. The maximum Gasteiger partial charge on any atom is 0.437 e. The smallest absolute Gasteiger partial charge is 0.437 e. The predicted molar refractivity (Wildman–Crippen MR) is 83.3 cm³/mol. The van der Waals surface area contributed by atoms with Crippen molar-refractivity contribution in [1.29, 1.82) is 0 Å². The average molecular weight is 329 g/mol. The van der Waals surface area contributed by atoms with E-state index in [0.29, 0.717) is 18.1 Å². The number of methoxy groups -OCH3 is 1. The molecule has 0 spiro atoms. The van der Waals surface area contributed by atoms with Gasteiger partial charge in [0.25, 0.3) is 5.89 Å². The number of hydrogen-bond donors (Lipinski definition) is 1. The van der Waals surface area contributed by atoms with E-state index in [0.717, 1.165) is 10.2 Å².